The van der Waals surface area contributed by atoms with E-state index in [4.69, 9.17) is 10.5 Å². The zero-order chi connectivity index (χ0) is 12.8. The van der Waals surface area contributed by atoms with Crippen LogP contribution < -0.4 is 5.73 Å². The van der Waals surface area contributed by atoms with Crippen LogP contribution in [0.5, 0.6) is 0 Å². The SMILES string of the molecule is CCC(CC)CN(CC)C(=O)C1COCC1N. The van der Waals surface area contributed by atoms with Crippen molar-refractivity contribution in [2.45, 2.75) is 39.7 Å². The van der Waals surface area contributed by atoms with Crippen LogP contribution in [0.2, 0.25) is 0 Å². The van der Waals surface area contributed by atoms with Crippen LogP contribution >= 0.6 is 0 Å². The van der Waals surface area contributed by atoms with Gasteiger partial charge in [0.25, 0.3) is 0 Å². The van der Waals surface area contributed by atoms with Gasteiger partial charge in [0, 0.05) is 19.1 Å². The first kappa shape index (κ1) is 14.5. The Morgan fingerprint density at radius 2 is 2.00 bits per heavy atom. The van der Waals surface area contributed by atoms with Crippen LogP contribution in [0.15, 0.2) is 0 Å². The number of nitrogens with two attached hydrogens (primary N) is 1. The zero-order valence-electron chi connectivity index (χ0n) is 11.3. The molecule has 1 saturated heterocycles. The Morgan fingerprint density at radius 1 is 1.35 bits per heavy atom. The van der Waals surface area contributed by atoms with Crippen LogP contribution in [0.25, 0.3) is 0 Å². The minimum atomic E-state index is -0.135. The Balaban J connectivity index is 2.57. The Hall–Kier alpha value is -0.610. The summed E-state index contributed by atoms with van der Waals surface area (Å²) in [5.41, 5.74) is 5.90. The molecule has 0 aromatic carbocycles. The van der Waals surface area contributed by atoms with E-state index in [0.717, 1.165) is 25.9 Å². The van der Waals surface area contributed by atoms with E-state index in [9.17, 15) is 4.79 Å². The fourth-order valence-corrected chi connectivity index (χ4v) is 2.29. The summed E-state index contributed by atoms with van der Waals surface area (Å²) in [7, 11) is 0. The van der Waals surface area contributed by atoms with Crippen molar-refractivity contribution in [3.8, 4) is 0 Å². The topological polar surface area (TPSA) is 55.6 Å². The lowest BCUT2D eigenvalue weighted by Crippen LogP contribution is -2.45. The standard InChI is InChI=1S/C13H26N2O2/c1-4-10(5-2)7-15(6-3)13(16)11-8-17-9-12(11)14/h10-12H,4-9,14H2,1-3H3. The van der Waals surface area contributed by atoms with E-state index in [1.54, 1.807) is 0 Å². The quantitative estimate of drug-likeness (QED) is 0.762. The largest absolute Gasteiger partial charge is 0.379 e. The predicted molar refractivity (Wildman–Crippen MR) is 68.6 cm³/mol. The first-order chi connectivity index (χ1) is 8.13. The highest BCUT2D eigenvalue weighted by Crippen LogP contribution is 2.17. The van der Waals surface area contributed by atoms with Gasteiger partial charge in [-0.3, -0.25) is 4.79 Å². The van der Waals surface area contributed by atoms with Crippen molar-refractivity contribution in [2.75, 3.05) is 26.3 Å². The van der Waals surface area contributed by atoms with Gasteiger partial charge in [0.2, 0.25) is 5.91 Å². The van der Waals surface area contributed by atoms with Crippen molar-refractivity contribution in [3.05, 3.63) is 0 Å². The van der Waals surface area contributed by atoms with Crippen molar-refractivity contribution < 1.29 is 9.53 Å². The Bertz CT molecular complexity index is 242. The van der Waals surface area contributed by atoms with Gasteiger partial charge in [0.1, 0.15) is 0 Å². The highest BCUT2D eigenvalue weighted by molar-refractivity contribution is 5.80. The highest BCUT2D eigenvalue weighted by Gasteiger charge is 2.34. The molecular weight excluding hydrogens is 216 g/mol. The molecule has 1 aliphatic heterocycles. The van der Waals surface area contributed by atoms with Crippen molar-refractivity contribution in [1.29, 1.82) is 0 Å². The smallest absolute Gasteiger partial charge is 0.229 e. The molecule has 2 N–H and O–H groups in total. The molecular formula is C13H26N2O2. The van der Waals surface area contributed by atoms with Crippen molar-refractivity contribution in [1.82, 2.24) is 4.90 Å². The lowest BCUT2D eigenvalue weighted by molar-refractivity contribution is -0.136. The average molecular weight is 242 g/mol. The van der Waals surface area contributed by atoms with Crippen LogP contribution in [0.4, 0.5) is 0 Å². The van der Waals surface area contributed by atoms with E-state index < -0.39 is 0 Å². The summed E-state index contributed by atoms with van der Waals surface area (Å²) in [6.07, 6.45) is 2.24. The maximum Gasteiger partial charge on any atom is 0.229 e. The number of carbonyl (C=O) groups is 1. The number of nitrogens with zero attached hydrogens (tertiary/aromatic N) is 1. The molecule has 4 nitrogen and oxygen atoms in total. The van der Waals surface area contributed by atoms with Gasteiger partial charge in [-0.25, -0.2) is 0 Å². The lowest BCUT2D eigenvalue weighted by atomic mass is 9.99. The zero-order valence-corrected chi connectivity index (χ0v) is 11.3. The molecule has 0 radical (unpaired) electrons. The van der Waals surface area contributed by atoms with E-state index in [1.165, 1.54) is 0 Å². The molecule has 0 spiro atoms. The van der Waals surface area contributed by atoms with E-state index in [-0.39, 0.29) is 17.9 Å². The highest BCUT2D eigenvalue weighted by atomic mass is 16.5. The summed E-state index contributed by atoms with van der Waals surface area (Å²) < 4.78 is 5.27. The number of hydrogen-bond donors (Lipinski definition) is 1. The lowest BCUT2D eigenvalue weighted by Gasteiger charge is -2.28. The molecule has 0 aromatic heterocycles. The summed E-state index contributed by atoms with van der Waals surface area (Å²) >= 11 is 0. The van der Waals surface area contributed by atoms with Gasteiger partial charge in [0.05, 0.1) is 19.1 Å². The Kier molecular flexibility index (Phi) is 5.92. The third kappa shape index (κ3) is 3.68. The molecule has 2 unspecified atom stereocenters. The molecule has 0 aromatic rings. The van der Waals surface area contributed by atoms with E-state index in [2.05, 4.69) is 13.8 Å². The molecule has 0 aliphatic carbocycles. The second-order valence-electron chi connectivity index (χ2n) is 4.87. The molecule has 4 heteroatoms. The van der Waals surface area contributed by atoms with Crippen LogP contribution in [-0.2, 0) is 9.53 Å². The molecule has 1 rings (SSSR count). The van der Waals surface area contributed by atoms with E-state index in [0.29, 0.717) is 19.1 Å². The molecule has 1 heterocycles. The second-order valence-corrected chi connectivity index (χ2v) is 4.87. The normalized spacial score (nSPS) is 24.3. The molecule has 100 valence electrons. The van der Waals surface area contributed by atoms with Crippen molar-refractivity contribution in [3.63, 3.8) is 0 Å². The maximum absolute atomic E-state index is 12.3. The van der Waals surface area contributed by atoms with Crippen molar-refractivity contribution in [2.24, 2.45) is 17.6 Å². The monoisotopic (exact) mass is 242 g/mol. The van der Waals surface area contributed by atoms with Crippen LogP contribution in [-0.4, -0.2) is 43.2 Å². The minimum absolute atomic E-state index is 0.127. The fourth-order valence-electron chi connectivity index (χ4n) is 2.29. The minimum Gasteiger partial charge on any atom is -0.379 e. The molecule has 1 fully saturated rings. The Morgan fingerprint density at radius 3 is 2.41 bits per heavy atom. The number of hydrogen-bond acceptors (Lipinski definition) is 3. The summed E-state index contributed by atoms with van der Waals surface area (Å²) in [5, 5.41) is 0. The molecule has 0 saturated carbocycles. The summed E-state index contributed by atoms with van der Waals surface area (Å²) in [6, 6.07) is -0.127. The number of amides is 1. The summed E-state index contributed by atoms with van der Waals surface area (Å²) in [6.45, 7) is 9.00. The first-order valence-corrected chi connectivity index (χ1v) is 6.76. The molecule has 2 atom stereocenters. The van der Waals surface area contributed by atoms with Gasteiger partial charge in [-0.15, -0.1) is 0 Å². The van der Waals surface area contributed by atoms with Gasteiger partial charge in [-0.2, -0.15) is 0 Å². The van der Waals surface area contributed by atoms with Gasteiger partial charge >= 0.3 is 0 Å². The molecule has 1 aliphatic rings. The molecule has 1 amide bonds. The fraction of sp³-hybridized carbons (Fsp3) is 0.923. The summed E-state index contributed by atoms with van der Waals surface area (Å²) in [5.74, 6) is 0.631. The third-order valence-electron chi connectivity index (χ3n) is 3.77. The summed E-state index contributed by atoms with van der Waals surface area (Å²) in [4.78, 5) is 14.3. The predicted octanol–water partition coefficient (Wildman–Crippen LogP) is 1.24. The van der Waals surface area contributed by atoms with Crippen LogP contribution in [0, 0.1) is 11.8 Å². The van der Waals surface area contributed by atoms with Gasteiger partial charge < -0.3 is 15.4 Å². The third-order valence-corrected chi connectivity index (χ3v) is 3.77. The number of ether oxygens (including phenoxy) is 1. The Labute approximate surface area is 104 Å². The van der Waals surface area contributed by atoms with E-state index >= 15 is 0 Å². The second kappa shape index (κ2) is 6.97. The number of carbonyl (C=O) groups excluding carboxylic acids is 1. The maximum atomic E-state index is 12.3. The van der Waals surface area contributed by atoms with Crippen molar-refractivity contribution >= 4 is 5.91 Å². The van der Waals surface area contributed by atoms with Gasteiger partial charge in [0.15, 0.2) is 0 Å². The number of rotatable bonds is 6. The molecule has 17 heavy (non-hydrogen) atoms. The van der Waals surface area contributed by atoms with Crippen LogP contribution in [0.1, 0.15) is 33.6 Å². The van der Waals surface area contributed by atoms with Gasteiger partial charge in [-0.05, 0) is 12.8 Å². The average Bonchev–Trinajstić information content (AvgIpc) is 2.76. The van der Waals surface area contributed by atoms with E-state index in [1.807, 2.05) is 11.8 Å². The van der Waals surface area contributed by atoms with Crippen LogP contribution in [0.3, 0.4) is 0 Å². The molecule has 0 bridgehead atoms. The van der Waals surface area contributed by atoms with Gasteiger partial charge in [-0.1, -0.05) is 26.7 Å². The first-order valence-electron chi connectivity index (χ1n) is 6.76.